The number of aromatic amines is 1. The fourth-order valence-corrected chi connectivity index (χ4v) is 5.17. The quantitative estimate of drug-likeness (QED) is 0.167. The lowest BCUT2D eigenvalue weighted by atomic mass is 9.81. The van der Waals surface area contributed by atoms with Gasteiger partial charge in [0.2, 0.25) is 6.33 Å². The maximum Gasteiger partial charge on any atom is 0.241 e. The number of hydrogen-bond acceptors (Lipinski definition) is 0. The van der Waals surface area contributed by atoms with Crippen molar-refractivity contribution < 1.29 is 4.57 Å². The third-order valence-electron chi connectivity index (χ3n) is 7.22. The Bertz CT molecular complexity index is 647. The van der Waals surface area contributed by atoms with Gasteiger partial charge in [-0.15, -0.1) is 0 Å². The number of imidazole rings is 1. The molecule has 1 aromatic carbocycles. The molecule has 32 heavy (non-hydrogen) atoms. The lowest BCUT2D eigenvalue weighted by molar-refractivity contribution is -0.731. The Balaban J connectivity index is 1.67. The van der Waals surface area contributed by atoms with Gasteiger partial charge in [0.15, 0.2) is 0 Å². The van der Waals surface area contributed by atoms with E-state index >= 15 is 0 Å². The van der Waals surface area contributed by atoms with Crippen LogP contribution in [0.2, 0.25) is 0 Å². The summed E-state index contributed by atoms with van der Waals surface area (Å²) in [6, 6.07) is 11.6. The van der Waals surface area contributed by atoms with Crippen molar-refractivity contribution in [2.24, 2.45) is 11.8 Å². The van der Waals surface area contributed by atoms with Crippen molar-refractivity contribution >= 4 is 0 Å². The summed E-state index contributed by atoms with van der Waals surface area (Å²) in [5.41, 5.74) is 1.47. The Morgan fingerprint density at radius 3 is 1.81 bits per heavy atom. The van der Waals surface area contributed by atoms with Crippen LogP contribution in [0.4, 0.5) is 0 Å². The van der Waals surface area contributed by atoms with E-state index in [4.69, 9.17) is 0 Å². The zero-order valence-electron chi connectivity index (χ0n) is 21.4. The molecule has 1 aromatic heterocycles. The minimum Gasteiger partial charge on any atom is -0.250 e. The third kappa shape index (κ3) is 10.8. The monoisotopic (exact) mass is 439 g/mol. The maximum absolute atomic E-state index is 3.28. The number of rotatable bonds is 19. The number of benzene rings is 1. The first-order chi connectivity index (χ1) is 15.7. The highest BCUT2D eigenvalue weighted by Gasteiger charge is 2.29. The first-order valence-corrected chi connectivity index (χ1v) is 13.8. The molecular weight excluding hydrogens is 388 g/mol. The van der Waals surface area contributed by atoms with Gasteiger partial charge in [0.1, 0.15) is 18.4 Å². The van der Waals surface area contributed by atoms with E-state index in [2.05, 4.69) is 79.4 Å². The summed E-state index contributed by atoms with van der Waals surface area (Å²) in [4.78, 5) is 3.28. The minimum atomic E-state index is 0.578. The number of nitrogens with zero attached hydrogens (tertiary/aromatic N) is 1. The summed E-state index contributed by atoms with van der Waals surface area (Å²) in [6.45, 7) is 7.10. The first kappa shape index (κ1) is 26.7. The Morgan fingerprint density at radius 2 is 1.31 bits per heavy atom. The van der Waals surface area contributed by atoms with Gasteiger partial charge in [-0.1, -0.05) is 128 Å². The molecule has 2 aromatic rings. The van der Waals surface area contributed by atoms with Crippen molar-refractivity contribution in [3.63, 3.8) is 0 Å². The van der Waals surface area contributed by atoms with Gasteiger partial charge >= 0.3 is 0 Å². The van der Waals surface area contributed by atoms with Crippen LogP contribution in [0.1, 0.15) is 122 Å². The van der Waals surface area contributed by atoms with Crippen molar-refractivity contribution in [3.05, 3.63) is 54.6 Å². The number of nitrogens with one attached hydrogen (secondary N) is 1. The smallest absolute Gasteiger partial charge is 0.241 e. The van der Waals surface area contributed by atoms with Crippen LogP contribution in [0.15, 0.2) is 49.1 Å². The van der Waals surface area contributed by atoms with E-state index in [1.54, 1.807) is 0 Å². The topological polar surface area (TPSA) is 19.7 Å². The van der Waals surface area contributed by atoms with Gasteiger partial charge < -0.3 is 0 Å². The second-order valence-corrected chi connectivity index (χ2v) is 10.3. The van der Waals surface area contributed by atoms with Crippen molar-refractivity contribution in [3.8, 4) is 0 Å². The van der Waals surface area contributed by atoms with E-state index < -0.39 is 0 Å². The number of hydrogen-bond donors (Lipinski definition) is 1. The molecule has 2 atom stereocenters. The highest BCUT2D eigenvalue weighted by Crippen LogP contribution is 2.30. The third-order valence-corrected chi connectivity index (χ3v) is 7.22. The summed E-state index contributed by atoms with van der Waals surface area (Å²) < 4.78 is 2.44. The van der Waals surface area contributed by atoms with E-state index in [-0.39, 0.29) is 0 Å². The molecule has 2 unspecified atom stereocenters. The van der Waals surface area contributed by atoms with Crippen molar-refractivity contribution in [1.82, 2.24) is 4.98 Å². The zero-order valence-corrected chi connectivity index (χ0v) is 21.4. The SMILES string of the molecule is CCCCCCCCCCCCCCCC(C(Cc1ccccc1)C(C)C)[n+]1cc[nH]c1. The van der Waals surface area contributed by atoms with Crippen LogP contribution in [0.25, 0.3) is 0 Å². The highest BCUT2D eigenvalue weighted by molar-refractivity contribution is 5.15. The molecule has 0 aliphatic carbocycles. The van der Waals surface area contributed by atoms with Gasteiger partial charge in [-0.2, -0.15) is 0 Å². The molecule has 1 heterocycles. The number of unbranched alkanes of at least 4 members (excludes halogenated alkanes) is 12. The zero-order chi connectivity index (χ0) is 22.9. The van der Waals surface area contributed by atoms with Gasteiger partial charge in [0, 0.05) is 5.92 Å². The Labute approximate surface area is 199 Å². The van der Waals surface area contributed by atoms with Crippen LogP contribution in [0.5, 0.6) is 0 Å². The lowest BCUT2D eigenvalue weighted by Gasteiger charge is -2.28. The molecular formula is C30H51N2+. The molecule has 0 spiro atoms. The van der Waals surface area contributed by atoms with Gasteiger partial charge in [-0.25, -0.2) is 4.57 Å². The summed E-state index contributed by atoms with van der Waals surface area (Å²) in [7, 11) is 0. The molecule has 1 N–H and O–H groups in total. The largest absolute Gasteiger partial charge is 0.250 e. The summed E-state index contributed by atoms with van der Waals surface area (Å²) in [5, 5.41) is 0. The molecule has 0 saturated heterocycles. The van der Waals surface area contributed by atoms with Crippen LogP contribution in [-0.2, 0) is 6.42 Å². The molecule has 2 rings (SSSR count). The van der Waals surface area contributed by atoms with Crippen LogP contribution in [-0.4, -0.2) is 4.98 Å². The minimum absolute atomic E-state index is 0.578. The molecule has 0 saturated carbocycles. The van der Waals surface area contributed by atoms with Gasteiger partial charge in [-0.3, -0.25) is 4.98 Å². The molecule has 0 aliphatic heterocycles. The first-order valence-electron chi connectivity index (χ1n) is 13.8. The highest BCUT2D eigenvalue weighted by atomic mass is 15.1. The summed E-state index contributed by atoms with van der Waals surface area (Å²) >= 11 is 0. The van der Waals surface area contributed by atoms with Crippen molar-refractivity contribution in [1.29, 1.82) is 0 Å². The fourth-order valence-electron chi connectivity index (χ4n) is 5.17. The molecule has 0 fully saturated rings. The molecule has 0 radical (unpaired) electrons. The Kier molecular flexibility index (Phi) is 14.2. The summed E-state index contributed by atoms with van der Waals surface area (Å²) in [5.74, 6) is 1.33. The standard InChI is InChI=1S/C30H50N2/c1-4-5-6-7-8-9-10-11-12-13-14-15-19-22-30(32-24-23-31-26-32)29(27(2)3)25-28-20-17-16-18-21-28/h16-18,20-21,23-24,26-27,29-30H,4-15,19,22,25H2,1-3H3/p+1. The molecule has 0 aliphatic rings. The molecule has 2 nitrogen and oxygen atoms in total. The number of aromatic nitrogens is 2. The van der Waals surface area contributed by atoms with Crippen LogP contribution in [0.3, 0.4) is 0 Å². The lowest BCUT2D eigenvalue weighted by Crippen LogP contribution is -2.44. The van der Waals surface area contributed by atoms with E-state index in [0.717, 1.165) is 0 Å². The van der Waals surface area contributed by atoms with E-state index in [9.17, 15) is 0 Å². The number of H-pyrrole nitrogens is 1. The predicted octanol–water partition coefficient (Wildman–Crippen LogP) is 8.84. The van der Waals surface area contributed by atoms with Crippen LogP contribution >= 0.6 is 0 Å². The molecule has 180 valence electrons. The van der Waals surface area contributed by atoms with E-state index in [1.807, 2.05) is 0 Å². The Hall–Kier alpha value is -1.57. The summed E-state index contributed by atoms with van der Waals surface area (Å²) in [6.07, 6.45) is 27.4. The van der Waals surface area contributed by atoms with Gasteiger partial charge in [0.25, 0.3) is 0 Å². The predicted molar refractivity (Wildman–Crippen MR) is 139 cm³/mol. The molecule has 0 bridgehead atoms. The maximum atomic E-state index is 3.28. The second-order valence-electron chi connectivity index (χ2n) is 10.3. The van der Waals surface area contributed by atoms with Crippen LogP contribution < -0.4 is 4.57 Å². The van der Waals surface area contributed by atoms with E-state index in [0.29, 0.717) is 17.9 Å². The van der Waals surface area contributed by atoms with Crippen molar-refractivity contribution in [2.45, 2.75) is 123 Å². The molecule has 0 amide bonds. The second kappa shape index (κ2) is 17.0. The average molecular weight is 440 g/mol. The van der Waals surface area contributed by atoms with Gasteiger partial charge in [-0.05, 0) is 30.7 Å². The van der Waals surface area contributed by atoms with Gasteiger partial charge in [0.05, 0.1) is 0 Å². The average Bonchev–Trinajstić information content (AvgIpc) is 3.33. The fraction of sp³-hybridized carbons (Fsp3) is 0.700. The Morgan fingerprint density at radius 1 is 0.750 bits per heavy atom. The van der Waals surface area contributed by atoms with Crippen LogP contribution in [0, 0.1) is 11.8 Å². The van der Waals surface area contributed by atoms with Crippen molar-refractivity contribution in [2.75, 3.05) is 0 Å². The molecule has 2 heteroatoms. The van der Waals surface area contributed by atoms with E-state index in [1.165, 1.54) is 102 Å². The normalized spacial score (nSPS) is 13.5.